The third-order valence-electron chi connectivity index (χ3n) is 3.05. The van der Waals surface area contributed by atoms with E-state index < -0.39 is 28.5 Å². The summed E-state index contributed by atoms with van der Waals surface area (Å²) in [6, 6.07) is 12.3. The van der Waals surface area contributed by atoms with E-state index >= 15 is 0 Å². The Hall–Kier alpha value is -2.68. The molecule has 3 N–H and O–H groups in total. The van der Waals surface area contributed by atoms with Crippen molar-refractivity contribution in [1.82, 2.24) is 0 Å². The summed E-state index contributed by atoms with van der Waals surface area (Å²) < 4.78 is 27.4. The van der Waals surface area contributed by atoms with E-state index in [0.717, 1.165) is 0 Å². The van der Waals surface area contributed by atoms with Crippen molar-refractivity contribution in [3.05, 3.63) is 65.2 Å². The summed E-state index contributed by atoms with van der Waals surface area (Å²) in [5, 5.41) is 7.96. The van der Waals surface area contributed by atoms with E-state index in [1.807, 2.05) is 0 Å². The number of carbonyl (C=O) groups excluding carboxylic acids is 2. The fourth-order valence-electron chi connectivity index (χ4n) is 1.91. The van der Waals surface area contributed by atoms with Crippen molar-refractivity contribution in [3.63, 3.8) is 0 Å². The minimum absolute atomic E-state index is 0.142. The molecule has 7 nitrogen and oxygen atoms in total. The summed E-state index contributed by atoms with van der Waals surface area (Å²) in [4.78, 5) is 23.3. The molecule has 0 unspecified atom stereocenters. The van der Waals surface area contributed by atoms with Crippen molar-refractivity contribution < 1.29 is 22.7 Å². The maximum absolute atomic E-state index is 11.8. The molecule has 1 amide bonds. The number of primary sulfonamides is 1. The van der Waals surface area contributed by atoms with Gasteiger partial charge >= 0.3 is 5.97 Å². The molecule has 0 fully saturated rings. The number of nitrogens with two attached hydrogens (primary N) is 1. The molecule has 0 heterocycles. The normalized spacial score (nSPS) is 11.3. The first-order chi connectivity index (χ1) is 12.2. The van der Waals surface area contributed by atoms with Gasteiger partial charge < -0.3 is 10.1 Å². The lowest BCUT2D eigenvalue weighted by atomic mass is 10.2. The number of sulfonamides is 1. The lowest BCUT2D eigenvalue weighted by Gasteiger charge is -2.06. The minimum Gasteiger partial charge on any atom is -0.452 e. The molecule has 26 heavy (non-hydrogen) atoms. The summed E-state index contributed by atoms with van der Waals surface area (Å²) in [6.07, 6.45) is 2.67. The number of rotatable bonds is 6. The van der Waals surface area contributed by atoms with Crippen LogP contribution in [0.4, 0.5) is 5.69 Å². The first-order valence-corrected chi connectivity index (χ1v) is 9.19. The monoisotopic (exact) mass is 394 g/mol. The molecule has 136 valence electrons. The van der Waals surface area contributed by atoms with Crippen molar-refractivity contribution in [2.75, 3.05) is 11.9 Å². The highest BCUT2D eigenvalue weighted by Crippen LogP contribution is 2.14. The summed E-state index contributed by atoms with van der Waals surface area (Å²) in [6.45, 7) is -0.529. The Morgan fingerprint density at radius 2 is 1.88 bits per heavy atom. The largest absolute Gasteiger partial charge is 0.452 e. The van der Waals surface area contributed by atoms with Gasteiger partial charge in [-0.3, -0.25) is 4.79 Å². The maximum Gasteiger partial charge on any atom is 0.331 e. The highest BCUT2D eigenvalue weighted by atomic mass is 35.5. The Bertz CT molecular complexity index is 957. The first kappa shape index (κ1) is 19.6. The number of anilines is 1. The molecule has 2 rings (SSSR count). The Morgan fingerprint density at radius 3 is 2.58 bits per heavy atom. The molecule has 0 aliphatic carbocycles. The van der Waals surface area contributed by atoms with Gasteiger partial charge in [-0.2, -0.15) is 0 Å². The van der Waals surface area contributed by atoms with Gasteiger partial charge in [0.25, 0.3) is 5.91 Å². The molecule has 0 aliphatic rings. The van der Waals surface area contributed by atoms with E-state index in [1.165, 1.54) is 36.4 Å². The van der Waals surface area contributed by atoms with Crippen molar-refractivity contribution in [2.24, 2.45) is 5.14 Å². The average molecular weight is 395 g/mol. The number of carbonyl (C=O) groups is 2. The second-order valence-electron chi connectivity index (χ2n) is 5.12. The van der Waals surface area contributed by atoms with Crippen LogP contribution in [0.15, 0.2) is 59.5 Å². The van der Waals surface area contributed by atoms with Crippen LogP contribution in [-0.4, -0.2) is 26.9 Å². The van der Waals surface area contributed by atoms with Crippen molar-refractivity contribution in [1.29, 1.82) is 0 Å². The molecule has 0 spiro atoms. The number of esters is 1. The summed E-state index contributed by atoms with van der Waals surface area (Å²) in [5.74, 6) is -1.33. The van der Waals surface area contributed by atoms with Gasteiger partial charge in [0.05, 0.1) is 4.90 Å². The predicted molar refractivity (Wildman–Crippen MR) is 97.9 cm³/mol. The van der Waals surface area contributed by atoms with Gasteiger partial charge in [0.2, 0.25) is 10.0 Å². The molecular weight excluding hydrogens is 380 g/mol. The van der Waals surface area contributed by atoms with Crippen LogP contribution in [0, 0.1) is 0 Å². The van der Waals surface area contributed by atoms with Gasteiger partial charge in [-0.1, -0.05) is 29.8 Å². The minimum atomic E-state index is -3.88. The van der Waals surface area contributed by atoms with E-state index in [9.17, 15) is 18.0 Å². The fourth-order valence-corrected chi connectivity index (χ4v) is 2.67. The molecule has 2 aromatic carbocycles. The van der Waals surface area contributed by atoms with Crippen LogP contribution < -0.4 is 10.5 Å². The van der Waals surface area contributed by atoms with Crippen LogP contribution in [0.2, 0.25) is 5.02 Å². The number of benzene rings is 2. The van der Waals surface area contributed by atoms with Crippen LogP contribution in [0.3, 0.4) is 0 Å². The highest BCUT2D eigenvalue weighted by molar-refractivity contribution is 7.89. The van der Waals surface area contributed by atoms with Crippen molar-refractivity contribution in [2.45, 2.75) is 4.90 Å². The van der Waals surface area contributed by atoms with Gasteiger partial charge in [0.1, 0.15) is 0 Å². The topological polar surface area (TPSA) is 116 Å². The average Bonchev–Trinajstić information content (AvgIpc) is 2.58. The molecule has 2 aromatic rings. The van der Waals surface area contributed by atoms with Crippen LogP contribution in [0.25, 0.3) is 6.08 Å². The van der Waals surface area contributed by atoms with E-state index in [2.05, 4.69) is 5.32 Å². The fraction of sp³-hybridized carbons (Fsp3) is 0.0588. The molecule has 9 heteroatoms. The van der Waals surface area contributed by atoms with Crippen molar-refractivity contribution >= 4 is 45.3 Å². The Labute approximate surface area is 155 Å². The number of hydrogen-bond acceptors (Lipinski definition) is 5. The predicted octanol–water partition coefficient (Wildman–Crippen LogP) is 2.18. The molecule has 0 saturated carbocycles. The molecular formula is C17H15ClN2O5S. The van der Waals surface area contributed by atoms with Gasteiger partial charge in [-0.25, -0.2) is 18.4 Å². The molecule has 0 aromatic heterocycles. The van der Waals surface area contributed by atoms with Crippen LogP contribution in [0.5, 0.6) is 0 Å². The van der Waals surface area contributed by atoms with Gasteiger partial charge in [-0.15, -0.1) is 0 Å². The maximum atomic E-state index is 11.8. The number of ether oxygens (including phenoxy) is 1. The van der Waals surface area contributed by atoms with Gasteiger partial charge in [0, 0.05) is 16.8 Å². The van der Waals surface area contributed by atoms with E-state index in [1.54, 1.807) is 24.3 Å². The molecule has 0 radical (unpaired) electrons. The van der Waals surface area contributed by atoms with Crippen LogP contribution in [0.1, 0.15) is 5.56 Å². The Kier molecular flexibility index (Phi) is 6.51. The third-order valence-corrected chi connectivity index (χ3v) is 4.20. The third kappa shape index (κ3) is 6.32. The Balaban J connectivity index is 1.88. The quantitative estimate of drug-likeness (QED) is 0.575. The number of nitrogens with one attached hydrogen (secondary N) is 1. The standard InChI is InChI=1S/C17H15ClN2O5S/c18-13-4-1-3-12(9-13)7-8-17(22)25-11-16(21)20-14-5-2-6-15(10-14)26(19,23)24/h1-10H,11H2,(H,20,21)(H2,19,23,24)/b8-7+. The number of amides is 1. The summed E-state index contributed by atoms with van der Waals surface area (Å²) in [7, 11) is -3.88. The second kappa shape index (κ2) is 8.61. The second-order valence-corrected chi connectivity index (χ2v) is 7.11. The number of hydrogen-bond donors (Lipinski definition) is 2. The smallest absolute Gasteiger partial charge is 0.331 e. The lowest BCUT2D eigenvalue weighted by molar-refractivity contribution is -0.142. The molecule has 0 atom stereocenters. The highest BCUT2D eigenvalue weighted by Gasteiger charge is 2.10. The zero-order valence-corrected chi connectivity index (χ0v) is 15.0. The van der Waals surface area contributed by atoms with Crippen LogP contribution >= 0.6 is 11.6 Å². The zero-order chi connectivity index (χ0) is 19.2. The van der Waals surface area contributed by atoms with E-state index in [-0.39, 0.29) is 10.6 Å². The molecule has 0 saturated heterocycles. The van der Waals surface area contributed by atoms with Gasteiger partial charge in [-0.05, 0) is 42.0 Å². The van der Waals surface area contributed by atoms with Crippen LogP contribution in [-0.2, 0) is 24.3 Å². The first-order valence-electron chi connectivity index (χ1n) is 7.27. The zero-order valence-electron chi connectivity index (χ0n) is 13.4. The van der Waals surface area contributed by atoms with E-state index in [4.69, 9.17) is 21.5 Å². The summed E-state index contributed by atoms with van der Waals surface area (Å²) >= 11 is 5.83. The number of halogens is 1. The summed E-state index contributed by atoms with van der Waals surface area (Å²) in [5.41, 5.74) is 0.922. The SMILES string of the molecule is NS(=O)(=O)c1cccc(NC(=O)COC(=O)/C=C/c2cccc(Cl)c2)c1. The van der Waals surface area contributed by atoms with E-state index in [0.29, 0.717) is 10.6 Å². The molecule has 0 aliphatic heterocycles. The van der Waals surface area contributed by atoms with Gasteiger partial charge in [0.15, 0.2) is 6.61 Å². The molecule has 0 bridgehead atoms. The van der Waals surface area contributed by atoms with Crippen molar-refractivity contribution in [3.8, 4) is 0 Å². The Morgan fingerprint density at radius 1 is 1.15 bits per heavy atom. The lowest BCUT2D eigenvalue weighted by Crippen LogP contribution is -2.20.